The Morgan fingerprint density at radius 2 is 2.10 bits per heavy atom. The van der Waals surface area contributed by atoms with Gasteiger partial charge in [0, 0.05) is 23.9 Å². The summed E-state index contributed by atoms with van der Waals surface area (Å²) in [7, 11) is 0. The Labute approximate surface area is 115 Å². The Hall–Kier alpha value is -2.27. The number of hydrogen-bond donors (Lipinski definition) is 2. The second-order valence-electron chi connectivity index (χ2n) is 5.11. The van der Waals surface area contributed by atoms with Crippen LogP contribution in [0, 0.1) is 5.92 Å². The summed E-state index contributed by atoms with van der Waals surface area (Å²) in [5.74, 6) is -0.0734. The van der Waals surface area contributed by atoms with Crippen LogP contribution in [0.5, 0.6) is 0 Å². The standard InChI is InChI=1S/C15H14N2O3/c18-14(10-2-3-10)6-9-1-4-13-11(5-9)7-12(8-16-13)15(19)17-20/h1,4-5,7-8,10,20H,2-3,6H2,(H,17,19). The average Bonchev–Trinajstić information content (AvgIpc) is 3.30. The molecule has 0 atom stereocenters. The number of pyridine rings is 1. The number of ketones is 1. The average molecular weight is 270 g/mol. The summed E-state index contributed by atoms with van der Waals surface area (Å²) in [5, 5.41) is 9.41. The SMILES string of the molecule is O=C(NO)c1cnc2ccc(CC(=O)C3CC3)cc2c1. The third kappa shape index (κ3) is 2.53. The van der Waals surface area contributed by atoms with E-state index >= 15 is 0 Å². The highest BCUT2D eigenvalue weighted by molar-refractivity contribution is 5.96. The Balaban J connectivity index is 1.91. The predicted molar refractivity (Wildman–Crippen MR) is 72.4 cm³/mol. The summed E-state index contributed by atoms with van der Waals surface area (Å²) in [6, 6.07) is 7.25. The van der Waals surface area contributed by atoms with Gasteiger partial charge in [0.05, 0.1) is 11.1 Å². The van der Waals surface area contributed by atoms with Gasteiger partial charge >= 0.3 is 0 Å². The Kier molecular flexibility index (Phi) is 3.20. The van der Waals surface area contributed by atoms with Gasteiger partial charge in [0.25, 0.3) is 5.91 Å². The van der Waals surface area contributed by atoms with Gasteiger partial charge in [-0.05, 0) is 36.6 Å². The highest BCUT2D eigenvalue weighted by Crippen LogP contribution is 2.31. The number of amides is 1. The monoisotopic (exact) mass is 270 g/mol. The van der Waals surface area contributed by atoms with E-state index in [2.05, 4.69) is 4.98 Å². The molecule has 1 fully saturated rings. The van der Waals surface area contributed by atoms with Crippen molar-refractivity contribution >= 4 is 22.6 Å². The van der Waals surface area contributed by atoms with Crippen LogP contribution in [-0.2, 0) is 11.2 Å². The third-order valence-corrected chi connectivity index (χ3v) is 3.52. The predicted octanol–water partition coefficient (Wildman–Crippen LogP) is 1.88. The largest absolute Gasteiger partial charge is 0.299 e. The Bertz CT molecular complexity index is 693. The molecule has 0 aliphatic heterocycles. The molecule has 0 radical (unpaired) electrons. The number of hydrogen-bond acceptors (Lipinski definition) is 4. The molecule has 1 aliphatic carbocycles. The summed E-state index contributed by atoms with van der Waals surface area (Å²) in [4.78, 5) is 27.3. The van der Waals surface area contributed by atoms with Crippen LogP contribution in [0.1, 0.15) is 28.8 Å². The number of nitrogens with zero attached hydrogens (tertiary/aromatic N) is 1. The normalized spacial score (nSPS) is 14.2. The Morgan fingerprint density at radius 3 is 2.80 bits per heavy atom. The summed E-state index contributed by atoms with van der Waals surface area (Å²) >= 11 is 0. The molecule has 0 unspecified atom stereocenters. The van der Waals surface area contributed by atoms with Crippen molar-refractivity contribution < 1.29 is 14.8 Å². The molecule has 0 bridgehead atoms. The number of rotatable bonds is 4. The van der Waals surface area contributed by atoms with Gasteiger partial charge in [0.15, 0.2) is 0 Å². The maximum absolute atomic E-state index is 11.8. The quantitative estimate of drug-likeness (QED) is 0.656. The number of hydroxylamine groups is 1. The van der Waals surface area contributed by atoms with E-state index < -0.39 is 5.91 Å². The van der Waals surface area contributed by atoms with Crippen molar-refractivity contribution in [1.82, 2.24) is 10.5 Å². The van der Waals surface area contributed by atoms with E-state index in [0.717, 1.165) is 29.3 Å². The molecule has 1 aromatic heterocycles. The van der Waals surface area contributed by atoms with Crippen molar-refractivity contribution in [3.05, 3.63) is 41.6 Å². The molecular formula is C15H14N2O3. The molecule has 20 heavy (non-hydrogen) atoms. The van der Waals surface area contributed by atoms with Crippen molar-refractivity contribution in [3.8, 4) is 0 Å². The van der Waals surface area contributed by atoms with Crippen LogP contribution in [0.25, 0.3) is 10.9 Å². The topological polar surface area (TPSA) is 79.3 Å². The molecule has 1 aliphatic rings. The second kappa shape index (κ2) is 5.02. The molecule has 5 heteroatoms. The van der Waals surface area contributed by atoms with E-state index in [1.54, 1.807) is 11.5 Å². The van der Waals surface area contributed by atoms with E-state index in [-0.39, 0.29) is 17.3 Å². The van der Waals surface area contributed by atoms with Crippen LogP contribution >= 0.6 is 0 Å². The maximum Gasteiger partial charge on any atom is 0.276 e. The minimum absolute atomic E-state index is 0.246. The zero-order valence-corrected chi connectivity index (χ0v) is 10.8. The number of aromatic nitrogens is 1. The van der Waals surface area contributed by atoms with Crippen LogP contribution < -0.4 is 5.48 Å². The van der Waals surface area contributed by atoms with Crippen molar-refractivity contribution in [2.24, 2.45) is 5.92 Å². The molecule has 0 spiro atoms. The zero-order chi connectivity index (χ0) is 14.1. The van der Waals surface area contributed by atoms with E-state index in [1.165, 1.54) is 6.20 Å². The van der Waals surface area contributed by atoms with Gasteiger partial charge in [-0.1, -0.05) is 6.07 Å². The van der Waals surface area contributed by atoms with Gasteiger partial charge in [0.1, 0.15) is 5.78 Å². The van der Waals surface area contributed by atoms with Crippen molar-refractivity contribution in [2.45, 2.75) is 19.3 Å². The van der Waals surface area contributed by atoms with Crippen molar-refractivity contribution in [2.75, 3.05) is 0 Å². The summed E-state index contributed by atoms with van der Waals surface area (Å²) in [5.41, 5.74) is 3.55. The molecule has 1 aromatic carbocycles. The van der Waals surface area contributed by atoms with Crippen LogP contribution in [-0.4, -0.2) is 21.9 Å². The van der Waals surface area contributed by atoms with Gasteiger partial charge in [-0.2, -0.15) is 0 Å². The minimum Gasteiger partial charge on any atom is -0.299 e. The molecule has 2 N–H and O–H groups in total. The molecule has 1 saturated carbocycles. The fraction of sp³-hybridized carbons (Fsp3) is 0.267. The van der Waals surface area contributed by atoms with Gasteiger partial charge in [-0.3, -0.25) is 19.8 Å². The fourth-order valence-electron chi connectivity index (χ4n) is 2.23. The third-order valence-electron chi connectivity index (χ3n) is 3.52. The molecule has 0 saturated heterocycles. The fourth-order valence-corrected chi connectivity index (χ4v) is 2.23. The van der Waals surface area contributed by atoms with Gasteiger partial charge in [0.2, 0.25) is 0 Å². The smallest absolute Gasteiger partial charge is 0.276 e. The lowest BCUT2D eigenvalue weighted by molar-refractivity contribution is -0.119. The molecule has 5 nitrogen and oxygen atoms in total. The molecule has 102 valence electrons. The van der Waals surface area contributed by atoms with Crippen LogP contribution in [0.3, 0.4) is 0 Å². The van der Waals surface area contributed by atoms with Gasteiger partial charge in [-0.25, -0.2) is 5.48 Å². The molecule has 1 heterocycles. The molecule has 1 amide bonds. The van der Waals surface area contributed by atoms with E-state index in [1.807, 2.05) is 18.2 Å². The second-order valence-corrected chi connectivity index (χ2v) is 5.11. The van der Waals surface area contributed by atoms with Crippen molar-refractivity contribution in [3.63, 3.8) is 0 Å². The molecular weight excluding hydrogens is 256 g/mol. The maximum atomic E-state index is 11.8. The van der Waals surface area contributed by atoms with Crippen LogP contribution in [0.2, 0.25) is 0 Å². The van der Waals surface area contributed by atoms with E-state index in [0.29, 0.717) is 6.42 Å². The Morgan fingerprint density at radius 1 is 1.30 bits per heavy atom. The number of benzene rings is 1. The summed E-state index contributed by atoms with van der Waals surface area (Å²) in [6.45, 7) is 0. The minimum atomic E-state index is -0.598. The lowest BCUT2D eigenvalue weighted by Gasteiger charge is -2.04. The molecule has 3 rings (SSSR count). The van der Waals surface area contributed by atoms with Crippen LogP contribution in [0.4, 0.5) is 0 Å². The zero-order valence-electron chi connectivity index (χ0n) is 10.8. The van der Waals surface area contributed by atoms with Gasteiger partial charge < -0.3 is 0 Å². The molecule has 2 aromatic rings. The van der Waals surface area contributed by atoms with Crippen LogP contribution in [0.15, 0.2) is 30.5 Å². The van der Waals surface area contributed by atoms with E-state index in [9.17, 15) is 9.59 Å². The first-order valence-corrected chi connectivity index (χ1v) is 6.53. The first-order valence-electron chi connectivity index (χ1n) is 6.53. The highest BCUT2D eigenvalue weighted by atomic mass is 16.5. The number of nitrogens with one attached hydrogen (secondary N) is 1. The number of Topliss-reactive ketones (excluding diaryl/α,β-unsaturated/α-hetero) is 1. The first kappa shape index (κ1) is 12.7. The lowest BCUT2D eigenvalue weighted by atomic mass is 10.0. The number of fused-ring (bicyclic) bond motifs is 1. The number of carbonyl (C=O) groups excluding carboxylic acids is 2. The van der Waals surface area contributed by atoms with Gasteiger partial charge in [-0.15, -0.1) is 0 Å². The lowest BCUT2D eigenvalue weighted by Crippen LogP contribution is -2.18. The van der Waals surface area contributed by atoms with E-state index in [4.69, 9.17) is 5.21 Å². The summed E-state index contributed by atoms with van der Waals surface area (Å²) < 4.78 is 0. The summed E-state index contributed by atoms with van der Waals surface area (Å²) in [6.07, 6.45) is 3.85. The first-order chi connectivity index (χ1) is 9.67. The highest BCUT2D eigenvalue weighted by Gasteiger charge is 2.29. The number of carbonyl (C=O) groups is 2. The van der Waals surface area contributed by atoms with Crippen molar-refractivity contribution in [1.29, 1.82) is 0 Å².